The van der Waals surface area contributed by atoms with Crippen LogP contribution in [0.5, 0.6) is 5.75 Å². The Hall–Kier alpha value is -0.830. The van der Waals surface area contributed by atoms with Crippen molar-refractivity contribution in [3.8, 4) is 5.75 Å². The molecule has 1 aromatic carbocycles. The van der Waals surface area contributed by atoms with E-state index in [9.17, 15) is 4.79 Å². The number of nitrogens with zero attached hydrogens (tertiary/aromatic N) is 1. The highest BCUT2D eigenvalue weighted by atomic mass is 127. The molecule has 1 aromatic rings. The Bertz CT molecular complexity index is 480. The van der Waals surface area contributed by atoms with Crippen molar-refractivity contribution in [2.24, 2.45) is 10.8 Å². The molecule has 0 saturated carbocycles. The molecule has 0 atom stereocenters. The highest BCUT2D eigenvalue weighted by Gasteiger charge is 2.08. The van der Waals surface area contributed by atoms with Crippen LogP contribution in [0.15, 0.2) is 21.7 Å². The third-order valence-electron chi connectivity index (χ3n) is 2.16. The van der Waals surface area contributed by atoms with Crippen LogP contribution in [0.4, 0.5) is 4.79 Å². The van der Waals surface area contributed by atoms with Gasteiger partial charge in [-0.25, -0.2) is 10.2 Å². The highest BCUT2D eigenvalue weighted by molar-refractivity contribution is 14.1. The molecule has 1 rings (SSSR count). The third kappa shape index (κ3) is 5.77. The predicted molar refractivity (Wildman–Crippen MR) is 87.6 cm³/mol. The Labute approximate surface area is 134 Å². The van der Waals surface area contributed by atoms with Crippen LogP contribution in [0.3, 0.4) is 0 Å². The van der Waals surface area contributed by atoms with Crippen molar-refractivity contribution in [2.45, 2.75) is 19.8 Å². The number of carbonyl (C=O) groups is 1. The number of rotatable bonds is 6. The van der Waals surface area contributed by atoms with Crippen LogP contribution in [0.25, 0.3) is 0 Å². The van der Waals surface area contributed by atoms with Crippen molar-refractivity contribution in [2.75, 3.05) is 6.61 Å². The molecule has 19 heavy (non-hydrogen) atoms. The lowest BCUT2D eigenvalue weighted by molar-refractivity contribution is 0.249. The molecule has 7 heteroatoms. The maximum Gasteiger partial charge on any atom is 0.332 e. The van der Waals surface area contributed by atoms with Crippen molar-refractivity contribution in [1.29, 1.82) is 0 Å². The minimum Gasteiger partial charge on any atom is -0.492 e. The van der Waals surface area contributed by atoms with Gasteiger partial charge in [-0.15, -0.1) is 0 Å². The summed E-state index contributed by atoms with van der Waals surface area (Å²) in [6.07, 6.45) is 3.57. The molecule has 104 valence electrons. The second-order valence-corrected chi connectivity index (χ2v) is 5.82. The van der Waals surface area contributed by atoms with E-state index < -0.39 is 6.03 Å². The Morgan fingerprint density at radius 1 is 1.63 bits per heavy atom. The second-order valence-electron chi connectivity index (χ2n) is 3.74. The maximum absolute atomic E-state index is 10.6. The fourth-order valence-corrected chi connectivity index (χ4v) is 3.02. The zero-order valence-electron chi connectivity index (χ0n) is 10.5. The number of hydrazone groups is 1. The monoisotopic (exact) mass is 439 g/mol. The molecular weight excluding hydrogens is 425 g/mol. The van der Waals surface area contributed by atoms with Gasteiger partial charge in [0.2, 0.25) is 0 Å². The molecule has 0 radical (unpaired) electrons. The number of amides is 2. The molecule has 0 saturated heterocycles. The molecule has 2 amide bonds. The van der Waals surface area contributed by atoms with E-state index in [-0.39, 0.29) is 0 Å². The lowest BCUT2D eigenvalue weighted by Crippen LogP contribution is -2.24. The summed E-state index contributed by atoms with van der Waals surface area (Å²) in [5.74, 6) is 0.757. The molecule has 0 aliphatic rings. The zero-order valence-corrected chi connectivity index (χ0v) is 14.2. The third-order valence-corrected chi connectivity index (χ3v) is 3.42. The molecule has 0 bridgehead atoms. The van der Waals surface area contributed by atoms with Gasteiger partial charge in [0.1, 0.15) is 5.75 Å². The van der Waals surface area contributed by atoms with Gasteiger partial charge < -0.3 is 10.5 Å². The van der Waals surface area contributed by atoms with Gasteiger partial charge in [-0.05, 0) is 41.1 Å². The van der Waals surface area contributed by atoms with E-state index in [0.717, 1.165) is 32.2 Å². The zero-order chi connectivity index (χ0) is 14.3. The summed E-state index contributed by atoms with van der Waals surface area (Å²) in [7, 11) is 0. The lowest BCUT2D eigenvalue weighted by Gasteiger charge is -2.11. The Balaban J connectivity index is 2.92. The number of hydrogen-bond donors (Lipinski definition) is 2. The summed E-state index contributed by atoms with van der Waals surface area (Å²) < 4.78 is 7.65. The first-order valence-corrected chi connectivity index (χ1v) is 7.62. The van der Waals surface area contributed by atoms with Crippen LogP contribution in [-0.2, 0) is 0 Å². The van der Waals surface area contributed by atoms with Crippen molar-refractivity contribution < 1.29 is 9.53 Å². The number of halogens is 2. The van der Waals surface area contributed by atoms with Crippen LogP contribution >= 0.6 is 38.5 Å². The van der Waals surface area contributed by atoms with Gasteiger partial charge in [-0.1, -0.05) is 29.3 Å². The average Bonchev–Trinajstić information content (AvgIpc) is 2.32. The number of ether oxygens (including phenoxy) is 1. The minimum absolute atomic E-state index is 0.651. The molecular formula is C12H15BrIN3O2. The van der Waals surface area contributed by atoms with Crippen LogP contribution in [0.1, 0.15) is 25.3 Å². The second kappa shape index (κ2) is 8.36. The van der Waals surface area contributed by atoms with Crippen molar-refractivity contribution in [1.82, 2.24) is 5.43 Å². The fourth-order valence-electron chi connectivity index (χ4n) is 1.31. The normalized spacial score (nSPS) is 10.7. The number of nitrogens with one attached hydrogen (secondary N) is 1. The highest BCUT2D eigenvalue weighted by Crippen LogP contribution is 2.29. The van der Waals surface area contributed by atoms with E-state index in [1.807, 2.05) is 12.1 Å². The van der Waals surface area contributed by atoms with Gasteiger partial charge in [0.25, 0.3) is 0 Å². The number of benzene rings is 1. The average molecular weight is 440 g/mol. The van der Waals surface area contributed by atoms with E-state index in [2.05, 4.69) is 56.0 Å². The molecule has 3 N–H and O–H groups in total. The van der Waals surface area contributed by atoms with Crippen molar-refractivity contribution in [3.63, 3.8) is 0 Å². The van der Waals surface area contributed by atoms with Gasteiger partial charge in [0.05, 0.1) is 16.4 Å². The predicted octanol–water partition coefficient (Wildman–Crippen LogP) is 3.23. The first-order valence-electron chi connectivity index (χ1n) is 5.75. The number of primary amides is 1. The maximum atomic E-state index is 10.6. The summed E-state index contributed by atoms with van der Waals surface area (Å²) in [6, 6.07) is 3.13. The fraction of sp³-hybridized carbons (Fsp3) is 0.333. The quantitative estimate of drug-likeness (QED) is 0.309. The first-order chi connectivity index (χ1) is 9.04. The molecule has 0 heterocycles. The molecule has 0 aliphatic carbocycles. The molecule has 0 fully saturated rings. The molecule has 0 aromatic heterocycles. The van der Waals surface area contributed by atoms with Gasteiger partial charge in [0.15, 0.2) is 0 Å². The molecule has 0 aliphatic heterocycles. The summed E-state index contributed by atoms with van der Waals surface area (Å²) >= 11 is 5.62. The van der Waals surface area contributed by atoms with Crippen LogP contribution < -0.4 is 15.9 Å². The van der Waals surface area contributed by atoms with Gasteiger partial charge in [-0.2, -0.15) is 5.10 Å². The number of nitrogens with two attached hydrogens (primary N) is 1. The Morgan fingerprint density at radius 3 is 3.00 bits per heavy atom. The van der Waals surface area contributed by atoms with E-state index in [1.165, 1.54) is 6.21 Å². The van der Waals surface area contributed by atoms with Crippen LogP contribution in [0, 0.1) is 3.57 Å². The summed E-state index contributed by atoms with van der Waals surface area (Å²) in [6.45, 7) is 2.76. The van der Waals surface area contributed by atoms with Gasteiger partial charge in [0, 0.05) is 10.0 Å². The van der Waals surface area contributed by atoms with Crippen LogP contribution in [-0.4, -0.2) is 18.9 Å². The summed E-state index contributed by atoms with van der Waals surface area (Å²) in [5, 5.41) is 3.76. The number of unbranched alkanes of at least 4 members (excludes halogenated alkanes) is 1. The number of urea groups is 1. The lowest BCUT2D eigenvalue weighted by atomic mass is 10.2. The first kappa shape index (κ1) is 16.2. The van der Waals surface area contributed by atoms with E-state index in [1.54, 1.807) is 0 Å². The Kier molecular flexibility index (Phi) is 7.14. The van der Waals surface area contributed by atoms with E-state index in [4.69, 9.17) is 10.5 Å². The standard InChI is InChI=1S/C12H15BrIN3O2/c1-2-3-4-19-11-8(7-16-17-12(15)18)5-9(13)6-10(11)14/h5-7H,2-4H2,1H3,(H3,15,17,18). The largest absolute Gasteiger partial charge is 0.492 e. The molecule has 5 nitrogen and oxygen atoms in total. The summed E-state index contributed by atoms with van der Waals surface area (Å²) in [4.78, 5) is 10.6. The molecule has 0 spiro atoms. The van der Waals surface area contributed by atoms with Crippen LogP contribution in [0.2, 0.25) is 0 Å². The van der Waals surface area contributed by atoms with E-state index in [0.29, 0.717) is 6.61 Å². The smallest absolute Gasteiger partial charge is 0.332 e. The van der Waals surface area contributed by atoms with E-state index >= 15 is 0 Å². The van der Waals surface area contributed by atoms with Gasteiger partial charge in [-0.3, -0.25) is 0 Å². The van der Waals surface area contributed by atoms with Gasteiger partial charge >= 0.3 is 6.03 Å². The number of carbonyl (C=O) groups excluding carboxylic acids is 1. The van der Waals surface area contributed by atoms with Crippen molar-refractivity contribution in [3.05, 3.63) is 25.7 Å². The Morgan fingerprint density at radius 2 is 2.37 bits per heavy atom. The molecule has 0 unspecified atom stereocenters. The van der Waals surface area contributed by atoms with Crippen molar-refractivity contribution >= 4 is 50.8 Å². The SMILES string of the molecule is CCCCOc1c(I)cc(Br)cc1C=NNC(N)=O. The topological polar surface area (TPSA) is 76.7 Å². The number of hydrogen-bond acceptors (Lipinski definition) is 3. The summed E-state index contributed by atoms with van der Waals surface area (Å²) in [5.41, 5.74) is 7.89. The minimum atomic E-state index is -0.700.